The highest BCUT2D eigenvalue weighted by molar-refractivity contribution is 9.10. The predicted molar refractivity (Wildman–Crippen MR) is 98.5 cm³/mol. The highest BCUT2D eigenvalue weighted by Gasteiger charge is 2.27. The Morgan fingerprint density at radius 3 is 3.05 bits per heavy atom. The van der Waals surface area contributed by atoms with Gasteiger partial charge in [0.05, 0.1) is 6.26 Å². The summed E-state index contributed by atoms with van der Waals surface area (Å²) >= 11 is 5.58. The Kier molecular flexibility index (Phi) is 4.64. The van der Waals surface area contributed by atoms with Crippen molar-refractivity contribution in [2.75, 3.05) is 20.1 Å². The SMILES string of the molecule is CN1CCc2c(Br)csc2C(c2cccc3ccoc23)C1.Cl. The number of rotatable bonds is 1. The van der Waals surface area contributed by atoms with Crippen LogP contribution in [0.5, 0.6) is 0 Å². The summed E-state index contributed by atoms with van der Waals surface area (Å²) in [6.07, 6.45) is 2.90. The van der Waals surface area contributed by atoms with Crippen LogP contribution in [0.1, 0.15) is 21.9 Å². The van der Waals surface area contributed by atoms with Crippen molar-refractivity contribution in [3.8, 4) is 0 Å². The topological polar surface area (TPSA) is 16.4 Å². The Hall–Kier alpha value is -0.810. The predicted octanol–water partition coefficient (Wildman–Crippen LogP) is 5.30. The van der Waals surface area contributed by atoms with Gasteiger partial charge in [-0.3, -0.25) is 0 Å². The molecule has 1 aliphatic rings. The summed E-state index contributed by atoms with van der Waals surface area (Å²) in [7, 11) is 2.21. The van der Waals surface area contributed by atoms with Crippen LogP contribution in [0.3, 0.4) is 0 Å². The number of thiophene rings is 1. The molecule has 22 heavy (non-hydrogen) atoms. The Bertz CT molecular complexity index is 797. The van der Waals surface area contributed by atoms with Gasteiger partial charge in [0.2, 0.25) is 0 Å². The number of para-hydroxylation sites is 1. The molecule has 0 amide bonds. The molecule has 1 aliphatic heterocycles. The molecule has 0 fully saturated rings. The van der Waals surface area contributed by atoms with Crippen LogP contribution in [0.15, 0.2) is 44.8 Å². The van der Waals surface area contributed by atoms with Crippen molar-refractivity contribution >= 4 is 50.6 Å². The maximum Gasteiger partial charge on any atom is 0.137 e. The molecule has 2 nitrogen and oxygen atoms in total. The van der Waals surface area contributed by atoms with E-state index in [4.69, 9.17) is 4.42 Å². The van der Waals surface area contributed by atoms with Crippen molar-refractivity contribution in [1.29, 1.82) is 0 Å². The molecule has 0 saturated carbocycles. The molecule has 4 rings (SSSR count). The Morgan fingerprint density at radius 1 is 1.32 bits per heavy atom. The van der Waals surface area contributed by atoms with Crippen LogP contribution >= 0.6 is 39.7 Å². The first-order valence-corrected chi connectivity index (χ1v) is 8.81. The fourth-order valence-electron chi connectivity index (χ4n) is 3.23. The monoisotopic (exact) mass is 397 g/mol. The Morgan fingerprint density at radius 2 is 2.18 bits per heavy atom. The number of hydrogen-bond donors (Lipinski definition) is 0. The summed E-state index contributed by atoms with van der Waals surface area (Å²) in [5.41, 5.74) is 3.81. The summed E-state index contributed by atoms with van der Waals surface area (Å²) in [5.74, 6) is 0.388. The van der Waals surface area contributed by atoms with Gasteiger partial charge in [-0.1, -0.05) is 18.2 Å². The third-order valence-electron chi connectivity index (χ3n) is 4.31. The van der Waals surface area contributed by atoms with Gasteiger partial charge in [-0.25, -0.2) is 0 Å². The van der Waals surface area contributed by atoms with Crippen molar-refractivity contribution in [1.82, 2.24) is 4.90 Å². The molecule has 1 unspecified atom stereocenters. The van der Waals surface area contributed by atoms with Gasteiger partial charge in [0.25, 0.3) is 0 Å². The molecule has 3 heterocycles. The van der Waals surface area contributed by atoms with E-state index >= 15 is 0 Å². The summed E-state index contributed by atoms with van der Waals surface area (Å²) in [4.78, 5) is 3.90. The van der Waals surface area contributed by atoms with Crippen LogP contribution < -0.4 is 0 Å². The molecule has 3 aromatic rings. The fourth-order valence-corrected chi connectivity index (χ4v) is 5.15. The molecule has 0 saturated heterocycles. The standard InChI is InChI=1S/C17H16BrNOS.ClH/c1-19-7-5-13-15(18)10-21-17(13)14(9-19)12-4-2-3-11-6-8-20-16(11)12;/h2-4,6,8,10,14H,5,7,9H2,1H3;1H. The number of halogens is 2. The lowest BCUT2D eigenvalue weighted by Crippen LogP contribution is -2.24. The quantitative estimate of drug-likeness (QED) is 0.553. The first kappa shape index (κ1) is 16.1. The molecular formula is C17H17BrClNOS. The van der Waals surface area contributed by atoms with E-state index in [-0.39, 0.29) is 12.4 Å². The molecule has 0 spiro atoms. The largest absolute Gasteiger partial charge is 0.464 e. The minimum Gasteiger partial charge on any atom is -0.464 e. The zero-order valence-electron chi connectivity index (χ0n) is 12.2. The smallest absolute Gasteiger partial charge is 0.137 e. The normalized spacial score (nSPS) is 18.7. The van der Waals surface area contributed by atoms with Crippen molar-refractivity contribution in [3.05, 3.63) is 56.4 Å². The summed E-state index contributed by atoms with van der Waals surface area (Å²) in [5, 5.41) is 3.42. The highest BCUT2D eigenvalue weighted by atomic mass is 79.9. The second-order valence-electron chi connectivity index (χ2n) is 5.68. The summed E-state index contributed by atoms with van der Waals surface area (Å²) < 4.78 is 7.03. The molecule has 2 aromatic heterocycles. The minimum absolute atomic E-state index is 0. The van der Waals surface area contributed by atoms with Crippen molar-refractivity contribution in [2.45, 2.75) is 12.3 Å². The van der Waals surface area contributed by atoms with Gasteiger partial charge in [-0.15, -0.1) is 23.7 Å². The van der Waals surface area contributed by atoms with E-state index in [0.29, 0.717) is 5.92 Å². The molecule has 0 N–H and O–H groups in total. The van der Waals surface area contributed by atoms with Gasteiger partial charge in [0.15, 0.2) is 0 Å². The zero-order chi connectivity index (χ0) is 14.4. The number of hydrogen-bond acceptors (Lipinski definition) is 3. The molecule has 5 heteroatoms. The lowest BCUT2D eigenvalue weighted by atomic mass is 9.94. The van der Waals surface area contributed by atoms with E-state index in [1.807, 2.05) is 17.4 Å². The van der Waals surface area contributed by atoms with Crippen LogP contribution in [0.2, 0.25) is 0 Å². The van der Waals surface area contributed by atoms with E-state index in [0.717, 1.165) is 25.1 Å². The average molecular weight is 399 g/mol. The lowest BCUT2D eigenvalue weighted by Gasteiger charge is -2.20. The second kappa shape index (κ2) is 6.36. The number of furan rings is 1. The summed E-state index contributed by atoms with van der Waals surface area (Å²) in [6, 6.07) is 8.52. The van der Waals surface area contributed by atoms with Crippen molar-refractivity contribution < 1.29 is 4.42 Å². The zero-order valence-corrected chi connectivity index (χ0v) is 15.4. The van der Waals surface area contributed by atoms with Crippen molar-refractivity contribution in [2.24, 2.45) is 0 Å². The van der Waals surface area contributed by atoms with E-state index in [2.05, 4.69) is 51.5 Å². The van der Waals surface area contributed by atoms with E-state index in [1.165, 1.54) is 25.9 Å². The highest BCUT2D eigenvalue weighted by Crippen LogP contribution is 2.41. The van der Waals surface area contributed by atoms with Crippen LogP contribution in [0.25, 0.3) is 11.0 Å². The van der Waals surface area contributed by atoms with E-state index in [1.54, 1.807) is 6.26 Å². The number of fused-ring (bicyclic) bond motifs is 2. The molecule has 0 aliphatic carbocycles. The van der Waals surface area contributed by atoms with Crippen LogP contribution in [-0.4, -0.2) is 25.0 Å². The first-order chi connectivity index (χ1) is 10.2. The van der Waals surface area contributed by atoms with Gasteiger partial charge < -0.3 is 9.32 Å². The molecule has 1 atom stereocenters. The minimum atomic E-state index is 0. The van der Waals surface area contributed by atoms with Crippen LogP contribution in [0.4, 0.5) is 0 Å². The fraction of sp³-hybridized carbons (Fsp3) is 0.294. The number of nitrogens with zero attached hydrogens (tertiary/aromatic N) is 1. The number of benzene rings is 1. The molecule has 116 valence electrons. The van der Waals surface area contributed by atoms with Crippen LogP contribution in [-0.2, 0) is 6.42 Å². The van der Waals surface area contributed by atoms with Gasteiger partial charge in [-0.2, -0.15) is 0 Å². The third-order valence-corrected chi connectivity index (χ3v) is 6.46. The van der Waals surface area contributed by atoms with Gasteiger partial charge >= 0.3 is 0 Å². The Balaban J connectivity index is 0.00000144. The van der Waals surface area contributed by atoms with Gasteiger partial charge in [-0.05, 0) is 41.0 Å². The maximum absolute atomic E-state index is 5.77. The molecule has 0 bridgehead atoms. The van der Waals surface area contributed by atoms with Crippen molar-refractivity contribution in [3.63, 3.8) is 0 Å². The maximum atomic E-state index is 5.77. The van der Waals surface area contributed by atoms with E-state index in [9.17, 15) is 0 Å². The van der Waals surface area contributed by atoms with E-state index < -0.39 is 0 Å². The molecule has 1 aromatic carbocycles. The lowest BCUT2D eigenvalue weighted by molar-refractivity contribution is 0.338. The second-order valence-corrected chi connectivity index (χ2v) is 7.44. The number of likely N-dealkylation sites (N-methyl/N-ethyl adjacent to an activating group) is 1. The molecular weight excluding hydrogens is 382 g/mol. The van der Waals surface area contributed by atoms with Gasteiger partial charge in [0.1, 0.15) is 5.58 Å². The first-order valence-electron chi connectivity index (χ1n) is 7.14. The molecule has 0 radical (unpaired) electrons. The average Bonchev–Trinajstić information content (AvgIpc) is 3.05. The summed E-state index contributed by atoms with van der Waals surface area (Å²) in [6.45, 7) is 2.15. The Labute approximate surface area is 148 Å². The van der Waals surface area contributed by atoms with Crippen LogP contribution in [0, 0.1) is 0 Å². The third kappa shape index (κ3) is 2.62. The van der Waals surface area contributed by atoms with Gasteiger partial charge in [0, 0.05) is 44.7 Å².